The highest BCUT2D eigenvalue weighted by molar-refractivity contribution is 6.46. The van der Waals surface area contributed by atoms with Gasteiger partial charge in [-0.25, -0.2) is 0 Å². The van der Waals surface area contributed by atoms with E-state index in [1.54, 1.807) is 30.6 Å². The molecule has 1 aliphatic heterocycles. The van der Waals surface area contributed by atoms with Crippen LogP contribution in [0.2, 0.25) is 0 Å². The summed E-state index contributed by atoms with van der Waals surface area (Å²) in [6.07, 6.45) is 5.22. The van der Waals surface area contributed by atoms with Crippen molar-refractivity contribution >= 4 is 23.1 Å². The number of ketones is 1. The van der Waals surface area contributed by atoms with E-state index in [2.05, 4.69) is 11.9 Å². The maximum atomic E-state index is 13.3. The van der Waals surface area contributed by atoms with Crippen molar-refractivity contribution in [3.63, 3.8) is 0 Å². The van der Waals surface area contributed by atoms with E-state index in [-0.39, 0.29) is 17.9 Å². The van der Waals surface area contributed by atoms with Crippen LogP contribution in [0.15, 0.2) is 78.6 Å². The molecule has 1 N–H and O–H groups in total. The number of pyridine rings is 1. The molecule has 0 spiro atoms. The zero-order valence-electron chi connectivity index (χ0n) is 20.8. The first-order valence-electron chi connectivity index (χ1n) is 12.1. The first-order valence-corrected chi connectivity index (χ1v) is 12.1. The molecular weight excluding hydrogens is 454 g/mol. The molecule has 0 bridgehead atoms. The zero-order chi connectivity index (χ0) is 25.7. The highest BCUT2D eigenvalue weighted by atomic mass is 16.5. The van der Waals surface area contributed by atoms with Crippen molar-refractivity contribution in [2.75, 3.05) is 25.6 Å². The Labute approximate surface area is 211 Å². The maximum absolute atomic E-state index is 13.3. The number of aromatic nitrogens is 1. The fourth-order valence-electron chi connectivity index (χ4n) is 4.25. The lowest BCUT2D eigenvalue weighted by Crippen LogP contribution is -2.29. The normalized spacial score (nSPS) is 16.9. The van der Waals surface area contributed by atoms with Crippen LogP contribution in [0, 0.1) is 0 Å². The summed E-state index contributed by atoms with van der Waals surface area (Å²) in [4.78, 5) is 34.1. The molecule has 1 fully saturated rings. The van der Waals surface area contributed by atoms with Crippen molar-refractivity contribution in [2.45, 2.75) is 32.4 Å². The van der Waals surface area contributed by atoms with Crippen molar-refractivity contribution in [2.24, 2.45) is 0 Å². The molecule has 7 heteroatoms. The Balaban J connectivity index is 1.79. The number of anilines is 1. The average Bonchev–Trinajstić information content (AvgIpc) is 3.14. The monoisotopic (exact) mass is 485 g/mol. The number of Topliss-reactive ketones (excluding diaryl/α,β-unsaturated/α-hetero) is 1. The summed E-state index contributed by atoms with van der Waals surface area (Å²) in [5.74, 6) is -0.968. The number of nitrogens with zero attached hydrogens (tertiary/aromatic N) is 3. The summed E-state index contributed by atoms with van der Waals surface area (Å²) in [5.41, 5.74) is 3.07. The SMILES string of the molecule is CCCCOc1cccc(/C(O)=C2\C(=O)C(=O)N(Cc3ccncc3)C2c2ccc(N(C)C)cc2)c1. The predicted octanol–water partition coefficient (Wildman–Crippen LogP) is 4.95. The van der Waals surface area contributed by atoms with Crippen molar-refractivity contribution in [3.8, 4) is 5.75 Å². The van der Waals surface area contributed by atoms with Gasteiger partial charge in [-0.1, -0.05) is 37.6 Å². The Morgan fingerprint density at radius 1 is 1.06 bits per heavy atom. The van der Waals surface area contributed by atoms with Gasteiger partial charge in [0.1, 0.15) is 11.5 Å². The zero-order valence-corrected chi connectivity index (χ0v) is 20.8. The maximum Gasteiger partial charge on any atom is 0.295 e. The second kappa shape index (κ2) is 11.1. The van der Waals surface area contributed by atoms with E-state index in [0.717, 1.165) is 29.7 Å². The molecule has 0 radical (unpaired) electrons. The summed E-state index contributed by atoms with van der Waals surface area (Å²) >= 11 is 0. The molecule has 4 rings (SSSR count). The Morgan fingerprint density at radius 3 is 2.44 bits per heavy atom. The number of rotatable bonds is 9. The molecule has 1 aliphatic rings. The third-order valence-electron chi connectivity index (χ3n) is 6.24. The Morgan fingerprint density at radius 2 is 1.78 bits per heavy atom. The lowest BCUT2D eigenvalue weighted by molar-refractivity contribution is -0.140. The number of ether oxygens (including phenoxy) is 1. The molecule has 7 nitrogen and oxygen atoms in total. The second-order valence-electron chi connectivity index (χ2n) is 9.00. The van der Waals surface area contributed by atoms with E-state index in [1.807, 2.05) is 61.5 Å². The quantitative estimate of drug-likeness (QED) is 0.200. The Hall–Kier alpha value is -4.13. The standard InChI is InChI=1S/C29H31N3O4/c1-4-5-17-36-24-8-6-7-22(18-24)27(33)25-26(21-9-11-23(12-10-21)31(2)3)32(29(35)28(25)34)19-20-13-15-30-16-14-20/h6-16,18,26,33H,4-5,17,19H2,1-3H3/b27-25+. The van der Waals surface area contributed by atoms with E-state index < -0.39 is 17.7 Å². The fraction of sp³-hybridized carbons (Fsp3) is 0.276. The smallest absolute Gasteiger partial charge is 0.295 e. The summed E-state index contributed by atoms with van der Waals surface area (Å²) < 4.78 is 5.79. The van der Waals surface area contributed by atoms with Crippen molar-refractivity contribution in [1.29, 1.82) is 0 Å². The summed E-state index contributed by atoms with van der Waals surface area (Å²) in [6, 6.07) is 17.5. The van der Waals surface area contributed by atoms with Gasteiger partial charge in [0.15, 0.2) is 0 Å². The molecule has 0 saturated carbocycles. The summed E-state index contributed by atoms with van der Waals surface area (Å²) in [5, 5.41) is 11.4. The van der Waals surface area contributed by atoms with Gasteiger partial charge in [-0.05, 0) is 53.9 Å². The largest absolute Gasteiger partial charge is 0.507 e. The Bertz CT molecular complexity index is 1250. The number of likely N-dealkylation sites (tertiary alicyclic amines) is 1. The molecule has 1 atom stereocenters. The van der Waals surface area contributed by atoms with Crippen LogP contribution in [0.4, 0.5) is 5.69 Å². The third kappa shape index (κ3) is 5.25. The number of hydrogen-bond donors (Lipinski definition) is 1. The number of aliphatic hydroxyl groups excluding tert-OH is 1. The van der Waals surface area contributed by atoms with Gasteiger partial charge < -0.3 is 19.6 Å². The minimum absolute atomic E-state index is 0.0670. The van der Waals surface area contributed by atoms with Gasteiger partial charge in [0, 0.05) is 44.3 Å². The highest BCUT2D eigenvalue weighted by Gasteiger charge is 2.46. The van der Waals surface area contributed by atoms with E-state index in [1.165, 1.54) is 4.90 Å². The summed E-state index contributed by atoms with van der Waals surface area (Å²) in [6.45, 7) is 2.86. The third-order valence-corrected chi connectivity index (χ3v) is 6.24. The van der Waals surface area contributed by atoms with Crippen LogP contribution in [0.3, 0.4) is 0 Å². The number of aliphatic hydroxyl groups is 1. The Kier molecular flexibility index (Phi) is 7.68. The number of benzene rings is 2. The van der Waals surface area contributed by atoms with E-state index in [9.17, 15) is 14.7 Å². The number of carbonyl (C=O) groups excluding carboxylic acids is 2. The molecule has 3 aromatic rings. The van der Waals surface area contributed by atoms with Gasteiger partial charge in [-0.15, -0.1) is 0 Å². The molecule has 1 amide bonds. The van der Waals surface area contributed by atoms with Crippen LogP contribution < -0.4 is 9.64 Å². The van der Waals surface area contributed by atoms with Gasteiger partial charge in [-0.2, -0.15) is 0 Å². The minimum atomic E-state index is -0.737. The number of carbonyl (C=O) groups is 2. The van der Waals surface area contributed by atoms with Crippen LogP contribution in [0.5, 0.6) is 5.75 Å². The molecule has 2 heterocycles. The molecule has 0 aliphatic carbocycles. The highest BCUT2D eigenvalue weighted by Crippen LogP contribution is 2.41. The van der Waals surface area contributed by atoms with E-state index in [0.29, 0.717) is 17.9 Å². The molecule has 36 heavy (non-hydrogen) atoms. The predicted molar refractivity (Wildman–Crippen MR) is 140 cm³/mol. The fourth-order valence-corrected chi connectivity index (χ4v) is 4.25. The van der Waals surface area contributed by atoms with Gasteiger partial charge >= 0.3 is 0 Å². The molecule has 186 valence electrons. The van der Waals surface area contributed by atoms with Crippen LogP contribution in [0.1, 0.15) is 42.5 Å². The van der Waals surface area contributed by atoms with Crippen LogP contribution in [-0.2, 0) is 16.1 Å². The molecule has 1 aromatic heterocycles. The van der Waals surface area contributed by atoms with Crippen LogP contribution >= 0.6 is 0 Å². The van der Waals surface area contributed by atoms with Gasteiger partial charge in [-0.3, -0.25) is 14.6 Å². The first-order chi connectivity index (χ1) is 17.4. The molecular formula is C29H31N3O4. The van der Waals surface area contributed by atoms with Crippen LogP contribution in [-0.4, -0.2) is 47.4 Å². The van der Waals surface area contributed by atoms with E-state index >= 15 is 0 Å². The molecule has 2 aromatic carbocycles. The van der Waals surface area contributed by atoms with Crippen molar-refractivity contribution in [3.05, 3.63) is 95.3 Å². The van der Waals surface area contributed by atoms with Crippen LogP contribution in [0.25, 0.3) is 5.76 Å². The summed E-state index contributed by atoms with van der Waals surface area (Å²) in [7, 11) is 3.89. The van der Waals surface area contributed by atoms with Gasteiger partial charge in [0.05, 0.1) is 18.2 Å². The van der Waals surface area contributed by atoms with Crippen molar-refractivity contribution < 1.29 is 19.4 Å². The average molecular weight is 486 g/mol. The molecule has 1 unspecified atom stereocenters. The lowest BCUT2D eigenvalue weighted by Gasteiger charge is -2.26. The first kappa shape index (κ1) is 25.0. The molecule has 1 saturated heterocycles. The van der Waals surface area contributed by atoms with Gasteiger partial charge in [0.25, 0.3) is 11.7 Å². The number of unbranched alkanes of at least 4 members (excludes halogenated alkanes) is 1. The topological polar surface area (TPSA) is 83.0 Å². The van der Waals surface area contributed by atoms with E-state index in [4.69, 9.17) is 4.74 Å². The second-order valence-corrected chi connectivity index (χ2v) is 9.00. The lowest BCUT2D eigenvalue weighted by atomic mass is 9.95. The minimum Gasteiger partial charge on any atom is -0.507 e. The van der Waals surface area contributed by atoms with Crippen molar-refractivity contribution in [1.82, 2.24) is 9.88 Å². The number of hydrogen-bond acceptors (Lipinski definition) is 6. The number of amides is 1. The van der Waals surface area contributed by atoms with Gasteiger partial charge in [0.2, 0.25) is 0 Å².